The van der Waals surface area contributed by atoms with Gasteiger partial charge in [-0.2, -0.15) is 0 Å². The lowest BCUT2D eigenvalue weighted by molar-refractivity contribution is 0.330. The summed E-state index contributed by atoms with van der Waals surface area (Å²) in [5.74, 6) is 0. The SMILES string of the molecule is NCCC(F)c1c(Cl)ccc2cccnc12. The van der Waals surface area contributed by atoms with Crippen molar-refractivity contribution in [2.45, 2.75) is 12.6 Å². The zero-order valence-electron chi connectivity index (χ0n) is 8.66. The van der Waals surface area contributed by atoms with Crippen molar-refractivity contribution in [3.8, 4) is 0 Å². The standard InChI is InChI=1S/C12H12ClFN2/c13-9-4-3-8-2-1-7-16-12(8)11(9)10(14)5-6-15/h1-4,7,10H,5-6,15H2. The fraction of sp³-hybridized carbons (Fsp3) is 0.250. The molecular formula is C12H12ClFN2. The minimum atomic E-state index is -1.16. The van der Waals surface area contributed by atoms with Gasteiger partial charge in [0, 0.05) is 22.2 Å². The average molecular weight is 239 g/mol. The van der Waals surface area contributed by atoms with E-state index in [1.165, 1.54) is 0 Å². The van der Waals surface area contributed by atoms with Gasteiger partial charge in [0.05, 0.1) is 5.52 Å². The van der Waals surface area contributed by atoms with Gasteiger partial charge in [-0.1, -0.05) is 23.7 Å². The van der Waals surface area contributed by atoms with E-state index >= 15 is 0 Å². The molecule has 0 fully saturated rings. The number of hydrogen-bond donors (Lipinski definition) is 1. The van der Waals surface area contributed by atoms with Gasteiger partial charge in [0.15, 0.2) is 0 Å². The second kappa shape index (κ2) is 4.76. The largest absolute Gasteiger partial charge is 0.330 e. The lowest BCUT2D eigenvalue weighted by atomic mass is 10.0. The first-order valence-corrected chi connectivity index (χ1v) is 5.49. The molecule has 2 aromatic rings. The number of hydrogen-bond acceptors (Lipinski definition) is 2. The number of pyridine rings is 1. The summed E-state index contributed by atoms with van der Waals surface area (Å²) in [5.41, 5.74) is 6.43. The van der Waals surface area contributed by atoms with Crippen LogP contribution in [0.1, 0.15) is 18.2 Å². The highest BCUT2D eigenvalue weighted by molar-refractivity contribution is 6.32. The number of benzene rings is 1. The molecule has 0 radical (unpaired) electrons. The van der Waals surface area contributed by atoms with Gasteiger partial charge in [0.2, 0.25) is 0 Å². The molecule has 0 bridgehead atoms. The molecule has 2 N–H and O–H groups in total. The quantitative estimate of drug-likeness (QED) is 0.892. The molecule has 1 unspecified atom stereocenters. The van der Waals surface area contributed by atoms with Gasteiger partial charge in [0.25, 0.3) is 0 Å². The van der Waals surface area contributed by atoms with Gasteiger partial charge in [-0.05, 0) is 25.1 Å². The second-order valence-corrected chi connectivity index (χ2v) is 3.99. The zero-order valence-corrected chi connectivity index (χ0v) is 9.41. The first kappa shape index (κ1) is 11.3. The third-order valence-electron chi connectivity index (χ3n) is 2.49. The van der Waals surface area contributed by atoms with Crippen molar-refractivity contribution < 1.29 is 4.39 Å². The predicted molar refractivity (Wildman–Crippen MR) is 64.3 cm³/mol. The fourth-order valence-corrected chi connectivity index (χ4v) is 2.00. The maximum absolute atomic E-state index is 13.9. The van der Waals surface area contributed by atoms with Gasteiger partial charge < -0.3 is 5.73 Å². The molecule has 1 aromatic carbocycles. The summed E-state index contributed by atoms with van der Waals surface area (Å²) in [6.07, 6.45) is 0.739. The third kappa shape index (κ3) is 2.01. The second-order valence-electron chi connectivity index (χ2n) is 3.58. The van der Waals surface area contributed by atoms with E-state index in [4.69, 9.17) is 17.3 Å². The Hall–Kier alpha value is -1.19. The van der Waals surface area contributed by atoms with E-state index in [0.29, 0.717) is 22.6 Å². The van der Waals surface area contributed by atoms with Crippen molar-refractivity contribution in [3.05, 3.63) is 41.0 Å². The molecule has 0 saturated heterocycles. The summed E-state index contributed by atoms with van der Waals surface area (Å²) in [4.78, 5) is 4.18. The number of halogens is 2. The molecule has 4 heteroatoms. The number of nitrogens with two attached hydrogens (primary N) is 1. The highest BCUT2D eigenvalue weighted by Crippen LogP contribution is 2.33. The van der Waals surface area contributed by atoms with E-state index in [2.05, 4.69) is 4.98 Å². The molecule has 0 aliphatic carbocycles. The summed E-state index contributed by atoms with van der Waals surface area (Å²) < 4.78 is 13.9. The van der Waals surface area contributed by atoms with Crippen LogP contribution in [-0.2, 0) is 0 Å². The fourth-order valence-electron chi connectivity index (χ4n) is 1.73. The van der Waals surface area contributed by atoms with Gasteiger partial charge >= 0.3 is 0 Å². The van der Waals surface area contributed by atoms with E-state index in [1.807, 2.05) is 18.2 Å². The Morgan fingerprint density at radius 1 is 1.38 bits per heavy atom. The summed E-state index contributed by atoms with van der Waals surface area (Å²) >= 11 is 6.01. The summed E-state index contributed by atoms with van der Waals surface area (Å²) in [7, 11) is 0. The Labute approximate surface area is 98.2 Å². The predicted octanol–water partition coefficient (Wildman–Crippen LogP) is 3.25. The summed E-state index contributed by atoms with van der Waals surface area (Å²) in [6.45, 7) is 0.292. The van der Waals surface area contributed by atoms with E-state index < -0.39 is 6.17 Å². The minimum absolute atomic E-state index is 0.259. The highest BCUT2D eigenvalue weighted by atomic mass is 35.5. The van der Waals surface area contributed by atoms with Crippen LogP contribution in [0.15, 0.2) is 30.5 Å². The van der Waals surface area contributed by atoms with Crippen LogP contribution in [0.3, 0.4) is 0 Å². The average Bonchev–Trinajstić information content (AvgIpc) is 2.29. The Morgan fingerprint density at radius 2 is 2.19 bits per heavy atom. The van der Waals surface area contributed by atoms with Crippen LogP contribution >= 0.6 is 11.6 Å². The Kier molecular flexibility index (Phi) is 3.36. The summed E-state index contributed by atoms with van der Waals surface area (Å²) in [6, 6.07) is 7.24. The number of aromatic nitrogens is 1. The smallest absolute Gasteiger partial charge is 0.130 e. The van der Waals surface area contributed by atoms with Crippen molar-refractivity contribution in [1.29, 1.82) is 0 Å². The molecule has 0 amide bonds. The van der Waals surface area contributed by atoms with Crippen LogP contribution in [-0.4, -0.2) is 11.5 Å². The Bertz CT molecular complexity index is 501. The monoisotopic (exact) mass is 238 g/mol. The lowest BCUT2D eigenvalue weighted by Gasteiger charge is -2.11. The van der Waals surface area contributed by atoms with Crippen molar-refractivity contribution in [1.82, 2.24) is 4.98 Å². The van der Waals surface area contributed by atoms with Gasteiger partial charge in [-0.15, -0.1) is 0 Å². The molecule has 84 valence electrons. The van der Waals surface area contributed by atoms with E-state index in [0.717, 1.165) is 5.39 Å². The number of nitrogens with zero attached hydrogens (tertiary/aromatic N) is 1. The molecule has 0 aliphatic heterocycles. The molecule has 0 spiro atoms. The van der Waals surface area contributed by atoms with Crippen molar-refractivity contribution in [2.24, 2.45) is 5.73 Å². The molecule has 1 aromatic heterocycles. The molecular weight excluding hydrogens is 227 g/mol. The van der Waals surface area contributed by atoms with E-state index in [9.17, 15) is 4.39 Å². The molecule has 0 saturated carbocycles. The molecule has 1 heterocycles. The van der Waals surface area contributed by atoms with Crippen LogP contribution in [0.5, 0.6) is 0 Å². The minimum Gasteiger partial charge on any atom is -0.330 e. The van der Waals surface area contributed by atoms with Crippen molar-refractivity contribution >= 4 is 22.5 Å². The maximum atomic E-state index is 13.9. The first-order chi connectivity index (χ1) is 7.74. The van der Waals surface area contributed by atoms with E-state index in [-0.39, 0.29) is 6.42 Å². The van der Waals surface area contributed by atoms with Crippen LogP contribution in [0.2, 0.25) is 5.02 Å². The molecule has 16 heavy (non-hydrogen) atoms. The highest BCUT2D eigenvalue weighted by Gasteiger charge is 2.16. The van der Waals surface area contributed by atoms with Crippen LogP contribution in [0, 0.1) is 0 Å². The lowest BCUT2D eigenvalue weighted by Crippen LogP contribution is -2.05. The maximum Gasteiger partial charge on any atom is 0.130 e. The van der Waals surface area contributed by atoms with Crippen molar-refractivity contribution in [3.63, 3.8) is 0 Å². The number of alkyl halides is 1. The molecule has 1 atom stereocenters. The zero-order chi connectivity index (χ0) is 11.5. The molecule has 0 aliphatic rings. The Morgan fingerprint density at radius 3 is 2.94 bits per heavy atom. The number of rotatable bonds is 3. The van der Waals surface area contributed by atoms with Gasteiger partial charge in [-0.25, -0.2) is 4.39 Å². The van der Waals surface area contributed by atoms with Crippen LogP contribution < -0.4 is 5.73 Å². The molecule has 2 nitrogen and oxygen atoms in total. The van der Waals surface area contributed by atoms with Crippen molar-refractivity contribution in [2.75, 3.05) is 6.54 Å². The summed E-state index contributed by atoms with van der Waals surface area (Å²) in [5, 5.41) is 1.30. The van der Waals surface area contributed by atoms with Gasteiger partial charge in [0.1, 0.15) is 6.17 Å². The third-order valence-corrected chi connectivity index (χ3v) is 2.82. The topological polar surface area (TPSA) is 38.9 Å². The van der Waals surface area contributed by atoms with E-state index in [1.54, 1.807) is 12.3 Å². The van der Waals surface area contributed by atoms with Crippen LogP contribution in [0.25, 0.3) is 10.9 Å². The molecule has 2 rings (SSSR count). The first-order valence-electron chi connectivity index (χ1n) is 5.11. The number of fused-ring (bicyclic) bond motifs is 1. The normalized spacial score (nSPS) is 12.9. The van der Waals surface area contributed by atoms with Crippen LogP contribution in [0.4, 0.5) is 4.39 Å². The van der Waals surface area contributed by atoms with Gasteiger partial charge in [-0.3, -0.25) is 4.98 Å². The Balaban J connectivity index is 2.61.